The highest BCUT2D eigenvalue weighted by Crippen LogP contribution is 2.18. The smallest absolute Gasteiger partial charge is 0.337 e. The maximum atomic E-state index is 11.8. The minimum atomic E-state index is -4.26. The molecule has 2 rings (SSSR count). The summed E-state index contributed by atoms with van der Waals surface area (Å²) < 4.78 is 40.5. The number of methoxy groups -OCH3 is 2. The van der Waals surface area contributed by atoms with Gasteiger partial charge in [0.2, 0.25) is 0 Å². The van der Waals surface area contributed by atoms with Crippen LogP contribution in [0.15, 0.2) is 47.4 Å². The fourth-order valence-electron chi connectivity index (χ4n) is 2.28. The predicted octanol–water partition coefficient (Wildman–Crippen LogP) is 2.10. The van der Waals surface area contributed by atoms with Gasteiger partial charge < -0.3 is 9.47 Å². The number of benzene rings is 2. The van der Waals surface area contributed by atoms with E-state index in [1.54, 1.807) is 12.1 Å². The van der Waals surface area contributed by atoms with Gasteiger partial charge in [0.1, 0.15) is 0 Å². The van der Waals surface area contributed by atoms with E-state index in [1.807, 2.05) is 0 Å². The Morgan fingerprint density at radius 1 is 0.880 bits per heavy atom. The van der Waals surface area contributed by atoms with Crippen LogP contribution in [0.5, 0.6) is 0 Å². The normalized spacial score (nSPS) is 11.0. The first kappa shape index (κ1) is 18.6. The van der Waals surface area contributed by atoms with Crippen LogP contribution in [0, 0.1) is 0 Å². The van der Waals surface area contributed by atoms with E-state index in [2.05, 4.69) is 9.47 Å². The summed E-state index contributed by atoms with van der Waals surface area (Å²) in [7, 11) is -1.78. The third-order valence-electron chi connectivity index (χ3n) is 3.46. The lowest BCUT2D eigenvalue weighted by atomic mass is 10.00. The Kier molecular flexibility index (Phi) is 5.55. The number of hydrogen-bond acceptors (Lipinski definition) is 6. The zero-order valence-corrected chi connectivity index (χ0v) is 14.4. The van der Waals surface area contributed by atoms with E-state index >= 15 is 0 Å². The Balaban J connectivity index is 2.37. The highest BCUT2D eigenvalue weighted by molar-refractivity contribution is 7.85. The molecule has 0 amide bonds. The van der Waals surface area contributed by atoms with Crippen molar-refractivity contribution in [3.8, 4) is 0 Å². The molecule has 0 aromatic heterocycles. The van der Waals surface area contributed by atoms with Crippen molar-refractivity contribution in [3.05, 3.63) is 64.7 Å². The quantitative estimate of drug-likeness (QED) is 0.639. The van der Waals surface area contributed by atoms with Crippen molar-refractivity contribution in [3.63, 3.8) is 0 Å². The van der Waals surface area contributed by atoms with Crippen molar-refractivity contribution >= 4 is 22.1 Å². The molecular formula is C17H16O7S. The summed E-state index contributed by atoms with van der Waals surface area (Å²) in [5.74, 6) is -1.18. The van der Waals surface area contributed by atoms with Crippen molar-refractivity contribution < 1.29 is 32.0 Å². The lowest BCUT2D eigenvalue weighted by molar-refractivity contribution is 0.0599. The largest absolute Gasteiger partial charge is 0.465 e. The average Bonchev–Trinajstić information content (AvgIpc) is 2.59. The third-order valence-corrected chi connectivity index (χ3v) is 4.33. The van der Waals surface area contributed by atoms with E-state index in [4.69, 9.17) is 4.55 Å². The molecule has 132 valence electrons. The second kappa shape index (κ2) is 7.45. The molecule has 1 N–H and O–H groups in total. The van der Waals surface area contributed by atoms with Gasteiger partial charge in [0.25, 0.3) is 10.1 Å². The highest BCUT2D eigenvalue weighted by atomic mass is 32.2. The van der Waals surface area contributed by atoms with Crippen LogP contribution in [0.1, 0.15) is 31.8 Å². The van der Waals surface area contributed by atoms with Crippen LogP contribution in [0.4, 0.5) is 0 Å². The average molecular weight is 364 g/mol. The Labute approximate surface area is 144 Å². The molecule has 0 atom stereocenters. The number of hydrogen-bond donors (Lipinski definition) is 1. The first-order valence-electron chi connectivity index (χ1n) is 7.11. The second-order valence-electron chi connectivity index (χ2n) is 5.20. The van der Waals surface area contributed by atoms with Crippen LogP contribution in [0.3, 0.4) is 0 Å². The predicted molar refractivity (Wildman–Crippen MR) is 88.2 cm³/mol. The number of ether oxygens (including phenoxy) is 2. The maximum absolute atomic E-state index is 11.8. The molecule has 0 aliphatic heterocycles. The Morgan fingerprint density at radius 3 is 1.76 bits per heavy atom. The van der Waals surface area contributed by atoms with Crippen LogP contribution in [-0.4, -0.2) is 39.1 Å². The zero-order valence-electron chi connectivity index (χ0n) is 13.6. The Morgan fingerprint density at radius 2 is 1.36 bits per heavy atom. The molecule has 0 heterocycles. The summed E-state index contributed by atoms with van der Waals surface area (Å²) in [5, 5.41) is 0. The van der Waals surface area contributed by atoms with Crippen LogP contribution in [0.2, 0.25) is 0 Å². The SMILES string of the molecule is COC(=O)c1cc(Cc2ccc(S(=O)(=O)O)cc2)cc(C(=O)OC)c1. The molecule has 0 bridgehead atoms. The van der Waals surface area contributed by atoms with E-state index in [-0.39, 0.29) is 16.0 Å². The van der Waals surface area contributed by atoms with Crippen molar-refractivity contribution in [1.82, 2.24) is 0 Å². The molecule has 8 heteroatoms. The number of carbonyl (C=O) groups excluding carboxylic acids is 2. The number of carbonyl (C=O) groups is 2. The molecular weight excluding hydrogens is 348 g/mol. The first-order chi connectivity index (χ1) is 11.7. The molecule has 0 aliphatic carbocycles. The van der Waals surface area contributed by atoms with Crippen molar-refractivity contribution in [2.45, 2.75) is 11.3 Å². The van der Waals surface area contributed by atoms with Crippen LogP contribution >= 0.6 is 0 Å². The standard InChI is InChI=1S/C17H16O7S/c1-23-16(18)13-8-12(9-14(10-13)17(19)24-2)7-11-3-5-15(6-4-11)25(20,21)22/h3-6,8-10H,7H2,1-2H3,(H,20,21,22). The lowest BCUT2D eigenvalue weighted by Crippen LogP contribution is -2.08. The molecule has 0 saturated heterocycles. The van der Waals surface area contributed by atoms with Gasteiger partial charge >= 0.3 is 11.9 Å². The van der Waals surface area contributed by atoms with Gasteiger partial charge in [-0.3, -0.25) is 4.55 Å². The van der Waals surface area contributed by atoms with Gasteiger partial charge in [-0.15, -0.1) is 0 Å². The van der Waals surface area contributed by atoms with E-state index in [1.165, 1.54) is 44.6 Å². The summed E-state index contributed by atoms with van der Waals surface area (Å²) in [5.41, 5.74) is 1.78. The summed E-state index contributed by atoms with van der Waals surface area (Å²) in [6, 6.07) is 10.1. The molecule has 0 aliphatic rings. The minimum Gasteiger partial charge on any atom is -0.465 e. The third kappa shape index (κ3) is 4.65. The van der Waals surface area contributed by atoms with Gasteiger partial charge in [0.15, 0.2) is 0 Å². The Bertz CT molecular complexity index is 865. The molecule has 7 nitrogen and oxygen atoms in total. The summed E-state index contributed by atoms with van der Waals surface area (Å²) in [4.78, 5) is 23.3. The van der Waals surface area contributed by atoms with Gasteiger partial charge in [-0.1, -0.05) is 12.1 Å². The van der Waals surface area contributed by atoms with Gasteiger partial charge in [-0.2, -0.15) is 8.42 Å². The molecule has 25 heavy (non-hydrogen) atoms. The second-order valence-corrected chi connectivity index (χ2v) is 6.62. The van der Waals surface area contributed by atoms with Crippen molar-refractivity contribution in [2.24, 2.45) is 0 Å². The fraction of sp³-hybridized carbons (Fsp3) is 0.176. The van der Waals surface area contributed by atoms with Crippen molar-refractivity contribution in [1.29, 1.82) is 0 Å². The van der Waals surface area contributed by atoms with E-state index in [9.17, 15) is 18.0 Å². The fourth-order valence-corrected chi connectivity index (χ4v) is 2.76. The van der Waals surface area contributed by atoms with Crippen LogP contribution in [-0.2, 0) is 26.0 Å². The molecule has 0 radical (unpaired) electrons. The number of esters is 2. The van der Waals surface area contributed by atoms with Gasteiger partial charge in [-0.05, 0) is 47.9 Å². The van der Waals surface area contributed by atoms with Gasteiger partial charge in [0, 0.05) is 0 Å². The molecule has 0 fully saturated rings. The minimum absolute atomic E-state index is 0.204. The van der Waals surface area contributed by atoms with Crippen LogP contribution in [0.25, 0.3) is 0 Å². The molecule has 0 spiro atoms. The summed E-state index contributed by atoms with van der Waals surface area (Å²) in [6.45, 7) is 0. The molecule has 2 aromatic carbocycles. The molecule has 0 unspecified atom stereocenters. The summed E-state index contributed by atoms with van der Waals surface area (Å²) in [6.07, 6.45) is 0.334. The van der Waals surface area contributed by atoms with E-state index in [0.29, 0.717) is 12.0 Å². The summed E-state index contributed by atoms with van der Waals surface area (Å²) >= 11 is 0. The van der Waals surface area contributed by atoms with Gasteiger partial charge in [-0.25, -0.2) is 9.59 Å². The lowest BCUT2D eigenvalue weighted by Gasteiger charge is -2.08. The number of rotatable bonds is 5. The zero-order chi connectivity index (χ0) is 18.6. The van der Waals surface area contributed by atoms with E-state index in [0.717, 1.165) is 5.56 Å². The molecule has 2 aromatic rings. The highest BCUT2D eigenvalue weighted by Gasteiger charge is 2.14. The maximum Gasteiger partial charge on any atom is 0.337 e. The van der Waals surface area contributed by atoms with Gasteiger partial charge in [0.05, 0.1) is 30.2 Å². The first-order valence-corrected chi connectivity index (χ1v) is 8.55. The van der Waals surface area contributed by atoms with Crippen molar-refractivity contribution in [2.75, 3.05) is 14.2 Å². The Hall–Kier alpha value is -2.71. The van der Waals surface area contributed by atoms with Crippen LogP contribution < -0.4 is 0 Å². The monoisotopic (exact) mass is 364 g/mol. The molecule has 0 saturated carbocycles. The van der Waals surface area contributed by atoms with E-state index < -0.39 is 22.1 Å². The topological polar surface area (TPSA) is 107 Å².